The molecule has 0 fully saturated rings. The van der Waals surface area contributed by atoms with Gasteiger partial charge in [0.15, 0.2) is 0 Å². The highest BCUT2D eigenvalue weighted by molar-refractivity contribution is 5.90. The molecule has 8 heteroatoms. The van der Waals surface area contributed by atoms with Gasteiger partial charge in [0.2, 0.25) is 5.82 Å². The first-order chi connectivity index (χ1) is 11.3. The number of phenols is 1. The number of methoxy groups -OCH3 is 1. The monoisotopic (exact) mass is 331 g/mol. The lowest BCUT2D eigenvalue weighted by atomic mass is 10.1. The van der Waals surface area contributed by atoms with Gasteiger partial charge in [0.05, 0.1) is 17.6 Å². The number of pyridine rings is 1. The van der Waals surface area contributed by atoms with Crippen LogP contribution < -0.4 is 5.32 Å². The lowest BCUT2D eigenvalue weighted by Gasteiger charge is -2.10. The highest BCUT2D eigenvalue weighted by Gasteiger charge is 2.19. The molecule has 0 aliphatic rings. The summed E-state index contributed by atoms with van der Waals surface area (Å²) in [6.07, 6.45) is 1.22. The van der Waals surface area contributed by atoms with Gasteiger partial charge in [0, 0.05) is 18.8 Å². The first-order valence-corrected chi connectivity index (χ1v) is 7.09. The average Bonchev–Trinajstić information content (AvgIpc) is 2.56. The second-order valence-electron chi connectivity index (χ2n) is 5.27. The zero-order chi connectivity index (χ0) is 17.9. The zero-order valence-electron chi connectivity index (χ0n) is 13.5. The summed E-state index contributed by atoms with van der Waals surface area (Å²) in [5.74, 6) is -0.414. The molecule has 1 heterocycles. The van der Waals surface area contributed by atoms with Gasteiger partial charge in [-0.05, 0) is 30.5 Å². The maximum absolute atomic E-state index is 11.5. The van der Waals surface area contributed by atoms with E-state index in [1.165, 1.54) is 13.3 Å². The number of nitro groups is 1. The number of carbonyl (C=O) groups is 1. The van der Waals surface area contributed by atoms with E-state index in [0.717, 1.165) is 22.8 Å². The standard InChI is InChI=1S/C16H17N3O5/c1-9-4-11(5-10(2)14(9)20)7-17-15-13(19(22)23)6-12(8-18-15)16(21)24-3/h4-6,8,20H,7H2,1-3H3,(H,17,18). The van der Waals surface area contributed by atoms with E-state index < -0.39 is 10.9 Å². The maximum Gasteiger partial charge on any atom is 0.339 e. The number of hydrogen-bond acceptors (Lipinski definition) is 7. The van der Waals surface area contributed by atoms with Crippen LogP contribution >= 0.6 is 0 Å². The molecule has 0 aliphatic carbocycles. The summed E-state index contributed by atoms with van der Waals surface area (Å²) in [5, 5.41) is 23.8. The SMILES string of the molecule is COC(=O)c1cnc(NCc2cc(C)c(O)c(C)c2)c([N+](=O)[O-])c1. The number of nitrogens with zero attached hydrogens (tertiary/aromatic N) is 2. The smallest absolute Gasteiger partial charge is 0.339 e. The molecular formula is C16H17N3O5. The van der Waals surface area contributed by atoms with Crippen molar-refractivity contribution in [2.45, 2.75) is 20.4 Å². The van der Waals surface area contributed by atoms with E-state index in [9.17, 15) is 20.0 Å². The summed E-state index contributed by atoms with van der Waals surface area (Å²) in [7, 11) is 1.19. The predicted octanol–water partition coefficient (Wildman–Crippen LogP) is 2.71. The quantitative estimate of drug-likeness (QED) is 0.492. The van der Waals surface area contributed by atoms with Crippen LogP contribution in [0.3, 0.4) is 0 Å². The zero-order valence-corrected chi connectivity index (χ0v) is 13.5. The van der Waals surface area contributed by atoms with Gasteiger partial charge in [-0.1, -0.05) is 12.1 Å². The third-order valence-corrected chi connectivity index (χ3v) is 3.50. The molecule has 126 valence electrons. The summed E-state index contributed by atoms with van der Waals surface area (Å²) in [6, 6.07) is 4.68. The summed E-state index contributed by atoms with van der Waals surface area (Å²) in [6.45, 7) is 3.84. The van der Waals surface area contributed by atoms with Crippen molar-refractivity contribution >= 4 is 17.5 Å². The van der Waals surface area contributed by atoms with Crippen LogP contribution in [0.5, 0.6) is 5.75 Å². The van der Waals surface area contributed by atoms with E-state index in [1.54, 1.807) is 26.0 Å². The lowest BCUT2D eigenvalue weighted by Crippen LogP contribution is -2.08. The predicted molar refractivity (Wildman–Crippen MR) is 87.1 cm³/mol. The summed E-state index contributed by atoms with van der Waals surface area (Å²) in [4.78, 5) is 26.0. The van der Waals surface area contributed by atoms with Gasteiger partial charge in [0.25, 0.3) is 0 Å². The van der Waals surface area contributed by atoms with Crippen LogP contribution in [0.1, 0.15) is 27.0 Å². The number of anilines is 1. The molecule has 0 aliphatic heterocycles. The van der Waals surface area contributed by atoms with E-state index in [4.69, 9.17) is 0 Å². The Hall–Kier alpha value is -3.16. The molecule has 24 heavy (non-hydrogen) atoms. The third-order valence-electron chi connectivity index (χ3n) is 3.50. The van der Waals surface area contributed by atoms with Crippen LogP contribution in [0, 0.1) is 24.0 Å². The summed E-state index contributed by atoms with van der Waals surface area (Å²) < 4.78 is 4.53. The molecule has 0 saturated carbocycles. The number of benzene rings is 1. The number of aromatic nitrogens is 1. The number of phenolic OH excluding ortho intramolecular Hbond substituents is 1. The minimum Gasteiger partial charge on any atom is -0.507 e. The first-order valence-electron chi connectivity index (χ1n) is 7.09. The van der Waals surface area contributed by atoms with Crippen molar-refractivity contribution in [1.29, 1.82) is 0 Å². The molecule has 0 spiro atoms. The van der Waals surface area contributed by atoms with E-state index in [0.29, 0.717) is 0 Å². The molecule has 2 aromatic rings. The van der Waals surface area contributed by atoms with Crippen molar-refractivity contribution in [2.75, 3.05) is 12.4 Å². The third kappa shape index (κ3) is 3.60. The van der Waals surface area contributed by atoms with Crippen LogP contribution in [-0.4, -0.2) is 28.1 Å². The highest BCUT2D eigenvalue weighted by Crippen LogP contribution is 2.26. The fourth-order valence-corrected chi connectivity index (χ4v) is 2.29. The van der Waals surface area contributed by atoms with Crippen LogP contribution in [0.15, 0.2) is 24.4 Å². The van der Waals surface area contributed by atoms with E-state index in [1.807, 2.05) is 0 Å². The number of nitrogens with one attached hydrogen (secondary N) is 1. The maximum atomic E-state index is 11.5. The normalized spacial score (nSPS) is 10.3. The van der Waals surface area contributed by atoms with Crippen LogP contribution in [-0.2, 0) is 11.3 Å². The fourth-order valence-electron chi connectivity index (χ4n) is 2.29. The summed E-state index contributed by atoms with van der Waals surface area (Å²) >= 11 is 0. The number of rotatable bonds is 5. The topological polar surface area (TPSA) is 115 Å². The molecule has 0 radical (unpaired) electrons. The Kier molecular flexibility index (Phi) is 4.98. The van der Waals surface area contributed by atoms with Gasteiger partial charge in [-0.25, -0.2) is 9.78 Å². The minimum atomic E-state index is -0.693. The number of esters is 1. The molecule has 1 aromatic heterocycles. The highest BCUT2D eigenvalue weighted by atomic mass is 16.6. The van der Waals surface area contributed by atoms with Gasteiger partial charge in [-0.3, -0.25) is 10.1 Å². The van der Waals surface area contributed by atoms with Crippen molar-refractivity contribution in [1.82, 2.24) is 4.98 Å². The number of hydrogen-bond donors (Lipinski definition) is 2. The molecule has 0 unspecified atom stereocenters. The Bertz CT molecular complexity index is 781. The Morgan fingerprint density at radius 2 is 1.96 bits per heavy atom. The van der Waals surface area contributed by atoms with Crippen molar-refractivity contribution in [3.05, 3.63) is 56.8 Å². The van der Waals surface area contributed by atoms with Crippen LogP contribution in [0.25, 0.3) is 0 Å². The van der Waals surface area contributed by atoms with Gasteiger partial charge in [-0.15, -0.1) is 0 Å². The second-order valence-corrected chi connectivity index (χ2v) is 5.27. The van der Waals surface area contributed by atoms with Gasteiger partial charge >= 0.3 is 11.7 Å². The molecule has 0 amide bonds. The van der Waals surface area contributed by atoms with Crippen molar-refractivity contribution in [3.8, 4) is 5.75 Å². The summed E-state index contributed by atoms with van der Waals surface area (Å²) in [5.41, 5.74) is 1.97. The Morgan fingerprint density at radius 1 is 1.33 bits per heavy atom. The molecule has 8 nitrogen and oxygen atoms in total. The molecule has 0 bridgehead atoms. The van der Waals surface area contributed by atoms with Crippen LogP contribution in [0.2, 0.25) is 0 Å². The first kappa shape index (κ1) is 17.2. The molecule has 1 aromatic carbocycles. The second kappa shape index (κ2) is 6.95. The van der Waals surface area contributed by atoms with Gasteiger partial charge < -0.3 is 15.2 Å². The van der Waals surface area contributed by atoms with Gasteiger partial charge in [0.1, 0.15) is 5.75 Å². The van der Waals surface area contributed by atoms with E-state index in [-0.39, 0.29) is 29.4 Å². The fraction of sp³-hybridized carbons (Fsp3) is 0.250. The van der Waals surface area contributed by atoms with Crippen molar-refractivity contribution in [2.24, 2.45) is 0 Å². The van der Waals surface area contributed by atoms with Crippen molar-refractivity contribution < 1.29 is 19.6 Å². The largest absolute Gasteiger partial charge is 0.507 e. The molecule has 2 N–H and O–H groups in total. The Labute approximate surface area is 138 Å². The van der Waals surface area contributed by atoms with E-state index in [2.05, 4.69) is 15.0 Å². The number of aromatic hydroxyl groups is 1. The van der Waals surface area contributed by atoms with E-state index >= 15 is 0 Å². The Morgan fingerprint density at radius 3 is 2.50 bits per heavy atom. The number of ether oxygens (including phenoxy) is 1. The average molecular weight is 331 g/mol. The molecule has 2 rings (SSSR count). The number of carbonyl (C=O) groups excluding carboxylic acids is 1. The van der Waals surface area contributed by atoms with Crippen molar-refractivity contribution in [3.63, 3.8) is 0 Å². The number of aryl methyl sites for hydroxylation is 2. The Balaban J connectivity index is 2.26. The minimum absolute atomic E-state index is 0.00562. The lowest BCUT2D eigenvalue weighted by molar-refractivity contribution is -0.384. The molecular weight excluding hydrogens is 314 g/mol. The molecule has 0 atom stereocenters. The van der Waals surface area contributed by atoms with Crippen LogP contribution in [0.4, 0.5) is 11.5 Å². The van der Waals surface area contributed by atoms with Gasteiger partial charge in [-0.2, -0.15) is 0 Å². The molecule has 0 saturated heterocycles.